The van der Waals surface area contributed by atoms with Crippen molar-refractivity contribution in [2.45, 2.75) is 38.2 Å². The molecule has 0 bridgehead atoms. The summed E-state index contributed by atoms with van der Waals surface area (Å²) in [7, 11) is 0. The summed E-state index contributed by atoms with van der Waals surface area (Å²) in [5, 5.41) is 0.794. The first-order chi connectivity index (χ1) is 10.4. The Labute approximate surface area is 139 Å². The van der Waals surface area contributed by atoms with E-state index >= 15 is 0 Å². The number of carbonyl (C=O) groups is 2. The largest absolute Gasteiger partial charge is 0.484 e. The fourth-order valence-corrected chi connectivity index (χ4v) is 3.71. The van der Waals surface area contributed by atoms with Crippen LogP contribution in [-0.4, -0.2) is 35.3 Å². The fraction of sp³-hybridized carbons (Fsp3) is 0.500. The Morgan fingerprint density at radius 1 is 1.32 bits per heavy atom. The van der Waals surface area contributed by atoms with Crippen LogP contribution >= 0.6 is 23.2 Å². The molecule has 1 spiro atoms. The number of nitrogens with zero attached hydrogens (tertiary/aromatic N) is 1. The third-order valence-electron chi connectivity index (χ3n) is 4.44. The smallest absolute Gasteiger partial charge is 0.222 e. The summed E-state index contributed by atoms with van der Waals surface area (Å²) in [6.07, 6.45) is 2.09. The predicted molar refractivity (Wildman–Crippen MR) is 84.9 cm³/mol. The minimum absolute atomic E-state index is 0.000850. The molecular weight excluding hydrogens is 325 g/mol. The highest BCUT2D eigenvalue weighted by Crippen LogP contribution is 2.44. The van der Waals surface area contributed by atoms with Crippen LogP contribution in [0.3, 0.4) is 0 Å². The Balaban J connectivity index is 1.84. The molecule has 1 aromatic rings. The molecule has 0 radical (unpaired) electrons. The third-order valence-corrected chi connectivity index (χ3v) is 4.94. The number of likely N-dealkylation sites (tertiary alicyclic amines) is 1. The van der Waals surface area contributed by atoms with Crippen molar-refractivity contribution in [1.82, 2.24) is 4.90 Å². The number of Topliss-reactive ketones (excluding diaryl/α,β-unsaturated/α-hetero) is 1. The second kappa shape index (κ2) is 5.74. The average molecular weight is 342 g/mol. The maximum Gasteiger partial charge on any atom is 0.222 e. The van der Waals surface area contributed by atoms with Crippen molar-refractivity contribution in [3.63, 3.8) is 0 Å². The lowest BCUT2D eigenvalue weighted by Crippen LogP contribution is -2.52. The predicted octanol–water partition coefficient (Wildman–Crippen LogP) is 3.73. The summed E-state index contributed by atoms with van der Waals surface area (Å²) >= 11 is 12.1. The van der Waals surface area contributed by atoms with Gasteiger partial charge in [0.2, 0.25) is 5.91 Å². The molecular formula is C16H17Cl2NO3. The number of ketones is 1. The summed E-state index contributed by atoms with van der Waals surface area (Å²) in [5.74, 6) is 0.570. The fourth-order valence-electron chi connectivity index (χ4n) is 3.18. The van der Waals surface area contributed by atoms with Crippen LogP contribution < -0.4 is 4.74 Å². The normalized spacial score (nSPS) is 19.8. The van der Waals surface area contributed by atoms with Crippen LogP contribution in [0.25, 0.3) is 0 Å². The van der Waals surface area contributed by atoms with Gasteiger partial charge < -0.3 is 9.64 Å². The van der Waals surface area contributed by atoms with Crippen molar-refractivity contribution in [3.05, 3.63) is 27.7 Å². The molecule has 6 heteroatoms. The van der Waals surface area contributed by atoms with Gasteiger partial charge in [-0.2, -0.15) is 0 Å². The van der Waals surface area contributed by atoms with Gasteiger partial charge in [-0.3, -0.25) is 9.59 Å². The van der Waals surface area contributed by atoms with Gasteiger partial charge in [0, 0.05) is 37.4 Å². The molecule has 0 N–H and O–H groups in total. The van der Waals surface area contributed by atoms with E-state index in [1.807, 2.05) is 11.8 Å². The van der Waals surface area contributed by atoms with Crippen LogP contribution in [0.15, 0.2) is 12.1 Å². The first kappa shape index (κ1) is 15.6. The molecule has 3 rings (SSSR count). The summed E-state index contributed by atoms with van der Waals surface area (Å²) in [6.45, 7) is 3.08. The molecule has 0 saturated carbocycles. The average Bonchev–Trinajstić information content (AvgIpc) is 2.49. The van der Waals surface area contributed by atoms with E-state index in [2.05, 4.69) is 0 Å². The number of hydrogen-bond donors (Lipinski definition) is 0. The van der Waals surface area contributed by atoms with Gasteiger partial charge in [0.05, 0.1) is 17.0 Å². The molecule has 2 aliphatic heterocycles. The first-order valence-electron chi connectivity index (χ1n) is 7.43. The number of halogens is 2. The van der Waals surface area contributed by atoms with Crippen LogP contribution in [-0.2, 0) is 4.79 Å². The number of benzene rings is 1. The van der Waals surface area contributed by atoms with Crippen LogP contribution in [0, 0.1) is 0 Å². The van der Waals surface area contributed by atoms with Gasteiger partial charge >= 0.3 is 0 Å². The Morgan fingerprint density at radius 3 is 2.64 bits per heavy atom. The number of piperidine rings is 1. The summed E-state index contributed by atoms with van der Waals surface area (Å²) in [5.41, 5.74) is -0.0957. The van der Waals surface area contributed by atoms with Gasteiger partial charge in [-0.1, -0.05) is 30.1 Å². The lowest BCUT2D eigenvalue weighted by molar-refractivity contribution is -0.134. The maximum absolute atomic E-state index is 12.5. The highest BCUT2D eigenvalue weighted by atomic mass is 35.5. The van der Waals surface area contributed by atoms with Crippen LogP contribution in [0.5, 0.6) is 5.75 Å². The van der Waals surface area contributed by atoms with E-state index in [0.29, 0.717) is 60.1 Å². The summed E-state index contributed by atoms with van der Waals surface area (Å²) in [6, 6.07) is 3.19. The molecule has 2 heterocycles. The van der Waals surface area contributed by atoms with Gasteiger partial charge in [0.25, 0.3) is 0 Å². The molecule has 2 aliphatic rings. The number of ether oxygens (including phenoxy) is 1. The number of fused-ring (bicyclic) bond motifs is 1. The van der Waals surface area contributed by atoms with Crippen molar-refractivity contribution in [3.8, 4) is 5.75 Å². The van der Waals surface area contributed by atoms with Gasteiger partial charge in [0.15, 0.2) is 5.78 Å². The minimum atomic E-state index is -0.550. The molecule has 0 aliphatic carbocycles. The van der Waals surface area contributed by atoms with Crippen LogP contribution in [0.4, 0.5) is 0 Å². The van der Waals surface area contributed by atoms with E-state index in [4.69, 9.17) is 27.9 Å². The SMILES string of the molecule is CCC(=O)N1CCC2(CC1)CC(=O)c1cc(Cl)cc(Cl)c1O2. The molecule has 1 fully saturated rings. The van der Waals surface area contributed by atoms with Crippen LogP contribution in [0.1, 0.15) is 43.0 Å². The molecule has 1 aromatic carbocycles. The van der Waals surface area contributed by atoms with Gasteiger partial charge in [-0.15, -0.1) is 0 Å². The Morgan fingerprint density at radius 2 is 2.00 bits per heavy atom. The topological polar surface area (TPSA) is 46.6 Å². The van der Waals surface area contributed by atoms with E-state index < -0.39 is 5.60 Å². The van der Waals surface area contributed by atoms with E-state index in [-0.39, 0.29) is 11.7 Å². The molecule has 0 atom stereocenters. The van der Waals surface area contributed by atoms with Crippen molar-refractivity contribution in [2.24, 2.45) is 0 Å². The highest BCUT2D eigenvalue weighted by molar-refractivity contribution is 6.36. The van der Waals surface area contributed by atoms with Crippen LogP contribution in [0.2, 0.25) is 10.0 Å². The maximum atomic E-state index is 12.5. The lowest BCUT2D eigenvalue weighted by atomic mass is 9.82. The molecule has 0 unspecified atom stereocenters. The summed E-state index contributed by atoms with van der Waals surface area (Å²) < 4.78 is 6.13. The molecule has 1 saturated heterocycles. The number of rotatable bonds is 1. The Hall–Kier alpha value is -1.26. The quantitative estimate of drug-likeness (QED) is 0.781. The van der Waals surface area contributed by atoms with Gasteiger partial charge in [-0.25, -0.2) is 0 Å². The zero-order chi connectivity index (χ0) is 15.9. The molecule has 0 aromatic heterocycles. The lowest BCUT2D eigenvalue weighted by Gasteiger charge is -2.44. The first-order valence-corrected chi connectivity index (χ1v) is 8.19. The molecule has 22 heavy (non-hydrogen) atoms. The molecule has 118 valence electrons. The summed E-state index contributed by atoms with van der Waals surface area (Å²) in [4.78, 5) is 26.1. The Bertz CT molecular complexity index is 637. The minimum Gasteiger partial charge on any atom is -0.484 e. The van der Waals surface area contributed by atoms with E-state index in [1.165, 1.54) is 0 Å². The standard InChI is InChI=1S/C16H17Cl2NO3/c1-2-14(21)19-5-3-16(4-6-19)9-13(20)11-7-10(17)8-12(18)15(11)22-16/h7-8H,2-6,9H2,1H3. The molecule has 4 nitrogen and oxygen atoms in total. The van der Waals surface area contributed by atoms with Crippen molar-refractivity contribution < 1.29 is 14.3 Å². The van der Waals surface area contributed by atoms with E-state index in [1.54, 1.807) is 12.1 Å². The van der Waals surface area contributed by atoms with Crippen molar-refractivity contribution in [2.75, 3.05) is 13.1 Å². The van der Waals surface area contributed by atoms with Crippen molar-refractivity contribution in [1.29, 1.82) is 0 Å². The highest BCUT2D eigenvalue weighted by Gasteiger charge is 2.44. The number of carbonyl (C=O) groups excluding carboxylic acids is 2. The number of amides is 1. The third kappa shape index (κ3) is 2.70. The number of hydrogen-bond acceptors (Lipinski definition) is 3. The zero-order valence-corrected chi connectivity index (χ0v) is 13.8. The van der Waals surface area contributed by atoms with Crippen molar-refractivity contribution >= 4 is 34.9 Å². The van der Waals surface area contributed by atoms with Gasteiger partial charge in [-0.05, 0) is 12.1 Å². The van der Waals surface area contributed by atoms with Gasteiger partial charge in [0.1, 0.15) is 11.4 Å². The monoisotopic (exact) mass is 341 g/mol. The second-order valence-electron chi connectivity index (χ2n) is 5.88. The van der Waals surface area contributed by atoms with E-state index in [0.717, 1.165) is 0 Å². The zero-order valence-electron chi connectivity index (χ0n) is 12.3. The second-order valence-corrected chi connectivity index (χ2v) is 6.73. The molecule has 1 amide bonds. The Kier molecular flexibility index (Phi) is 4.08. The van der Waals surface area contributed by atoms with E-state index in [9.17, 15) is 9.59 Å².